The molecule has 4 nitrogen and oxygen atoms in total. The van der Waals surface area contributed by atoms with E-state index in [1.807, 2.05) is 19.1 Å². The Hall–Kier alpha value is -0.910. The molecule has 0 aliphatic carbocycles. The fourth-order valence-corrected chi connectivity index (χ4v) is 2.76. The van der Waals surface area contributed by atoms with Gasteiger partial charge in [-0.15, -0.1) is 0 Å². The largest absolute Gasteiger partial charge is 0.330 e. The number of benzene rings is 1. The van der Waals surface area contributed by atoms with Gasteiger partial charge in [-0.25, -0.2) is 13.1 Å². The van der Waals surface area contributed by atoms with Crippen molar-refractivity contribution in [1.82, 2.24) is 4.72 Å². The average molecular weight is 298 g/mol. The van der Waals surface area contributed by atoms with Gasteiger partial charge in [-0.3, -0.25) is 0 Å². The summed E-state index contributed by atoms with van der Waals surface area (Å²) in [6.45, 7) is 9.37. The number of hydrogen-bond donors (Lipinski definition) is 2. The maximum atomic E-state index is 12.2. The Morgan fingerprint density at radius 2 is 1.75 bits per heavy atom. The first-order chi connectivity index (χ1) is 9.16. The summed E-state index contributed by atoms with van der Waals surface area (Å²) >= 11 is 0. The molecule has 0 heterocycles. The Bertz CT molecular complexity index is 516. The highest BCUT2D eigenvalue weighted by molar-refractivity contribution is 7.89. The van der Waals surface area contributed by atoms with Crippen LogP contribution in [-0.4, -0.2) is 21.5 Å². The summed E-state index contributed by atoms with van der Waals surface area (Å²) in [4.78, 5) is 0.305. The van der Waals surface area contributed by atoms with Crippen LogP contribution < -0.4 is 10.5 Å². The predicted molar refractivity (Wildman–Crippen MR) is 83.0 cm³/mol. The van der Waals surface area contributed by atoms with E-state index in [4.69, 9.17) is 5.73 Å². The van der Waals surface area contributed by atoms with Crippen LogP contribution in [0.15, 0.2) is 29.2 Å². The van der Waals surface area contributed by atoms with Gasteiger partial charge in [0.1, 0.15) is 0 Å². The van der Waals surface area contributed by atoms with E-state index < -0.39 is 10.0 Å². The lowest BCUT2D eigenvalue weighted by atomic mass is 9.82. The summed E-state index contributed by atoms with van der Waals surface area (Å²) in [5, 5.41) is 0. The zero-order valence-corrected chi connectivity index (χ0v) is 13.6. The molecular weight excluding hydrogens is 272 g/mol. The van der Waals surface area contributed by atoms with Crippen LogP contribution in [0.25, 0.3) is 0 Å². The third-order valence-electron chi connectivity index (χ3n) is 3.72. The second-order valence-corrected chi connectivity index (χ2v) is 8.07. The van der Waals surface area contributed by atoms with Gasteiger partial charge in [-0.2, -0.15) is 0 Å². The summed E-state index contributed by atoms with van der Waals surface area (Å²) in [6.07, 6.45) is 0.759. The molecule has 0 saturated heterocycles. The smallest absolute Gasteiger partial charge is 0.240 e. The third-order valence-corrected chi connectivity index (χ3v) is 5.16. The molecule has 1 rings (SSSR count). The molecule has 3 N–H and O–H groups in total. The molecule has 1 aromatic rings. The van der Waals surface area contributed by atoms with E-state index in [0.717, 1.165) is 12.0 Å². The molecule has 0 spiro atoms. The Morgan fingerprint density at radius 1 is 1.20 bits per heavy atom. The normalized spacial score (nSPS) is 14.2. The summed E-state index contributed by atoms with van der Waals surface area (Å²) < 4.78 is 27.1. The monoisotopic (exact) mass is 298 g/mol. The molecule has 0 saturated carbocycles. The van der Waals surface area contributed by atoms with Crippen molar-refractivity contribution in [3.8, 4) is 0 Å². The summed E-state index contributed by atoms with van der Waals surface area (Å²) in [6, 6.07) is 6.90. The minimum atomic E-state index is -3.43. The maximum absolute atomic E-state index is 12.2. The molecular formula is C15H26N2O2S. The van der Waals surface area contributed by atoms with Gasteiger partial charge in [0.2, 0.25) is 10.0 Å². The molecule has 20 heavy (non-hydrogen) atoms. The van der Waals surface area contributed by atoms with Crippen LogP contribution in [-0.2, 0) is 16.4 Å². The Labute approximate surface area is 122 Å². The van der Waals surface area contributed by atoms with Crippen LogP contribution in [0.1, 0.15) is 33.3 Å². The maximum Gasteiger partial charge on any atom is 0.240 e. The van der Waals surface area contributed by atoms with Gasteiger partial charge in [-0.05, 0) is 42.0 Å². The van der Waals surface area contributed by atoms with Crippen molar-refractivity contribution in [3.63, 3.8) is 0 Å². The molecule has 0 fully saturated rings. The highest BCUT2D eigenvalue weighted by atomic mass is 32.2. The Kier molecular flexibility index (Phi) is 5.74. The van der Waals surface area contributed by atoms with Crippen LogP contribution in [0.3, 0.4) is 0 Å². The molecule has 0 amide bonds. The molecule has 1 unspecified atom stereocenters. The molecule has 0 aliphatic rings. The highest BCUT2D eigenvalue weighted by Gasteiger charge is 2.22. The summed E-state index contributed by atoms with van der Waals surface area (Å²) in [7, 11) is -3.43. The van der Waals surface area contributed by atoms with E-state index in [1.165, 1.54) is 0 Å². The van der Waals surface area contributed by atoms with E-state index in [-0.39, 0.29) is 11.3 Å². The lowest BCUT2D eigenvalue weighted by Gasteiger charge is -2.27. The van der Waals surface area contributed by atoms with Gasteiger partial charge >= 0.3 is 0 Å². The lowest BCUT2D eigenvalue weighted by Crippen LogP contribution is -2.33. The minimum absolute atomic E-state index is 0.0769. The molecule has 0 bridgehead atoms. The summed E-state index contributed by atoms with van der Waals surface area (Å²) in [5.41, 5.74) is 6.60. The first-order valence-electron chi connectivity index (χ1n) is 6.95. The lowest BCUT2D eigenvalue weighted by molar-refractivity contribution is 0.263. The summed E-state index contributed by atoms with van der Waals surface area (Å²) in [5.74, 6) is 0.258. The highest BCUT2D eigenvalue weighted by Crippen LogP contribution is 2.24. The fraction of sp³-hybridized carbons (Fsp3) is 0.600. The van der Waals surface area contributed by atoms with Crippen LogP contribution in [0.5, 0.6) is 0 Å². The van der Waals surface area contributed by atoms with Crippen molar-refractivity contribution in [1.29, 1.82) is 0 Å². The zero-order chi connectivity index (χ0) is 15.4. The van der Waals surface area contributed by atoms with Crippen molar-refractivity contribution in [2.24, 2.45) is 17.1 Å². The van der Waals surface area contributed by atoms with Crippen LogP contribution in [0.2, 0.25) is 0 Å². The number of rotatable bonds is 6. The van der Waals surface area contributed by atoms with Gasteiger partial charge in [0.05, 0.1) is 4.90 Å². The Balaban J connectivity index is 2.74. The molecule has 1 atom stereocenters. The van der Waals surface area contributed by atoms with Crippen LogP contribution in [0.4, 0.5) is 0 Å². The van der Waals surface area contributed by atoms with E-state index in [0.29, 0.717) is 18.0 Å². The van der Waals surface area contributed by atoms with E-state index in [9.17, 15) is 8.42 Å². The molecule has 0 aromatic heterocycles. The van der Waals surface area contributed by atoms with Gasteiger partial charge in [0.15, 0.2) is 0 Å². The van der Waals surface area contributed by atoms with Gasteiger partial charge in [-0.1, -0.05) is 39.8 Å². The second-order valence-electron chi connectivity index (χ2n) is 6.30. The van der Waals surface area contributed by atoms with E-state index in [1.54, 1.807) is 12.1 Å². The van der Waals surface area contributed by atoms with E-state index in [2.05, 4.69) is 25.5 Å². The number of nitrogens with one attached hydrogen (secondary N) is 1. The first kappa shape index (κ1) is 17.1. The fourth-order valence-electron chi connectivity index (χ4n) is 1.63. The SMILES string of the molecule is CC(CNS(=O)(=O)c1ccc(CCN)cc1)C(C)(C)C. The first-order valence-corrected chi connectivity index (χ1v) is 8.44. The molecule has 1 aromatic carbocycles. The second kappa shape index (κ2) is 6.70. The van der Waals surface area contributed by atoms with Crippen molar-refractivity contribution in [2.75, 3.05) is 13.1 Å². The number of sulfonamides is 1. The average Bonchev–Trinajstić information content (AvgIpc) is 2.36. The van der Waals surface area contributed by atoms with E-state index >= 15 is 0 Å². The minimum Gasteiger partial charge on any atom is -0.330 e. The van der Waals surface area contributed by atoms with Crippen molar-refractivity contribution >= 4 is 10.0 Å². The molecule has 5 heteroatoms. The zero-order valence-electron chi connectivity index (χ0n) is 12.8. The number of nitrogens with two attached hydrogens (primary N) is 1. The van der Waals surface area contributed by atoms with Crippen LogP contribution >= 0.6 is 0 Å². The van der Waals surface area contributed by atoms with Gasteiger partial charge in [0, 0.05) is 6.54 Å². The van der Waals surface area contributed by atoms with Crippen molar-refractivity contribution < 1.29 is 8.42 Å². The van der Waals surface area contributed by atoms with Gasteiger partial charge < -0.3 is 5.73 Å². The Morgan fingerprint density at radius 3 is 2.20 bits per heavy atom. The topological polar surface area (TPSA) is 72.2 Å². The van der Waals surface area contributed by atoms with Crippen molar-refractivity contribution in [2.45, 2.75) is 39.0 Å². The molecule has 114 valence electrons. The van der Waals surface area contributed by atoms with Gasteiger partial charge in [0.25, 0.3) is 0 Å². The molecule has 0 aliphatic heterocycles. The quantitative estimate of drug-likeness (QED) is 0.845. The van der Waals surface area contributed by atoms with Crippen LogP contribution in [0, 0.1) is 11.3 Å². The molecule has 0 radical (unpaired) electrons. The standard InChI is InChI=1S/C15H26N2O2S/c1-12(15(2,3)4)11-17-20(18,19)14-7-5-13(6-8-14)9-10-16/h5-8,12,17H,9-11,16H2,1-4H3. The van der Waals surface area contributed by atoms with Crippen molar-refractivity contribution in [3.05, 3.63) is 29.8 Å². The number of hydrogen-bond acceptors (Lipinski definition) is 3. The third kappa shape index (κ3) is 4.89. The predicted octanol–water partition coefficient (Wildman–Crippen LogP) is 2.15.